The molecule has 1 saturated carbocycles. The van der Waals surface area contributed by atoms with Gasteiger partial charge in [-0.1, -0.05) is 30.3 Å². The molecule has 2 aromatic carbocycles. The molecule has 1 aliphatic carbocycles. The molecule has 2 heterocycles. The number of hydrogen-bond acceptors (Lipinski definition) is 3. The van der Waals surface area contributed by atoms with Crippen LogP contribution in [0, 0.1) is 23.1 Å². The fourth-order valence-electron chi connectivity index (χ4n) is 6.25. The van der Waals surface area contributed by atoms with Crippen molar-refractivity contribution in [2.45, 2.75) is 45.1 Å². The van der Waals surface area contributed by atoms with E-state index in [0.29, 0.717) is 44.2 Å². The van der Waals surface area contributed by atoms with Crippen molar-refractivity contribution < 1.29 is 18.7 Å². The van der Waals surface area contributed by atoms with E-state index in [2.05, 4.69) is 4.90 Å². The molecule has 3 fully saturated rings. The number of nitrogens with zero attached hydrogens (tertiary/aromatic N) is 2. The zero-order valence-corrected chi connectivity index (χ0v) is 19.8. The summed E-state index contributed by atoms with van der Waals surface area (Å²) in [5.41, 5.74) is 0.411. The third kappa shape index (κ3) is 4.55. The third-order valence-electron chi connectivity index (χ3n) is 8.18. The Labute approximate surface area is 200 Å². The van der Waals surface area contributed by atoms with Gasteiger partial charge in [-0.05, 0) is 67.9 Å². The first-order valence-corrected chi connectivity index (χ1v) is 12.4. The SMILES string of the molecule is CC(=O)N1CCC(Cc2ccc(F)cc2)(C(=O)N2C[C@@H]3CC[C@H](Oc4ccccc4)[C@@H]3C2)CC1. The lowest BCUT2D eigenvalue weighted by Crippen LogP contribution is -2.52. The van der Waals surface area contributed by atoms with Crippen molar-refractivity contribution in [2.24, 2.45) is 17.3 Å². The number of fused-ring (bicyclic) bond motifs is 1. The number of amides is 2. The van der Waals surface area contributed by atoms with Crippen molar-refractivity contribution in [3.63, 3.8) is 0 Å². The summed E-state index contributed by atoms with van der Waals surface area (Å²) < 4.78 is 19.8. The molecule has 2 amide bonds. The molecule has 2 aliphatic heterocycles. The molecule has 0 radical (unpaired) electrons. The van der Waals surface area contributed by atoms with Crippen LogP contribution in [-0.2, 0) is 16.0 Å². The Morgan fingerprint density at radius 2 is 1.68 bits per heavy atom. The number of carbonyl (C=O) groups excluding carboxylic acids is 2. The van der Waals surface area contributed by atoms with Crippen LogP contribution < -0.4 is 4.74 Å². The fourth-order valence-corrected chi connectivity index (χ4v) is 6.25. The molecule has 2 aromatic rings. The van der Waals surface area contributed by atoms with Crippen LogP contribution in [0.5, 0.6) is 5.75 Å². The summed E-state index contributed by atoms with van der Waals surface area (Å²) in [6.07, 6.45) is 4.10. The number of likely N-dealkylation sites (tertiary alicyclic amines) is 2. The number of para-hydroxylation sites is 1. The molecule has 0 spiro atoms. The van der Waals surface area contributed by atoms with E-state index in [9.17, 15) is 14.0 Å². The minimum Gasteiger partial charge on any atom is -0.490 e. The summed E-state index contributed by atoms with van der Waals surface area (Å²) in [4.78, 5) is 29.9. The Kier molecular flexibility index (Phi) is 6.32. The summed E-state index contributed by atoms with van der Waals surface area (Å²) in [7, 11) is 0. The largest absolute Gasteiger partial charge is 0.490 e. The molecule has 5 rings (SSSR count). The van der Waals surface area contributed by atoms with Gasteiger partial charge in [0.1, 0.15) is 17.7 Å². The number of carbonyl (C=O) groups is 2. The van der Waals surface area contributed by atoms with Gasteiger partial charge in [0.05, 0.1) is 5.41 Å². The minimum absolute atomic E-state index is 0.0550. The van der Waals surface area contributed by atoms with Crippen LogP contribution in [0.3, 0.4) is 0 Å². The maximum Gasteiger partial charge on any atom is 0.229 e. The number of halogens is 1. The minimum atomic E-state index is -0.557. The lowest BCUT2D eigenvalue weighted by atomic mass is 9.72. The second-order valence-electron chi connectivity index (χ2n) is 10.3. The van der Waals surface area contributed by atoms with E-state index in [1.54, 1.807) is 19.1 Å². The maximum atomic E-state index is 14.1. The molecular weight excluding hydrogens is 431 g/mol. The monoisotopic (exact) mass is 464 g/mol. The zero-order chi connectivity index (χ0) is 23.7. The van der Waals surface area contributed by atoms with E-state index < -0.39 is 5.41 Å². The molecule has 2 saturated heterocycles. The van der Waals surface area contributed by atoms with Gasteiger partial charge in [0.25, 0.3) is 0 Å². The highest BCUT2D eigenvalue weighted by Gasteiger charge is 2.50. The molecule has 0 aromatic heterocycles. The Balaban J connectivity index is 1.32. The lowest BCUT2D eigenvalue weighted by Gasteiger charge is -2.42. The highest BCUT2D eigenvalue weighted by atomic mass is 19.1. The molecule has 3 atom stereocenters. The van der Waals surface area contributed by atoms with Crippen molar-refractivity contribution in [2.75, 3.05) is 26.2 Å². The van der Waals surface area contributed by atoms with Crippen LogP contribution in [0.15, 0.2) is 54.6 Å². The fraction of sp³-hybridized carbons (Fsp3) is 0.500. The van der Waals surface area contributed by atoms with Gasteiger partial charge in [-0.15, -0.1) is 0 Å². The quantitative estimate of drug-likeness (QED) is 0.663. The maximum absolute atomic E-state index is 14.1. The second kappa shape index (κ2) is 9.40. The summed E-state index contributed by atoms with van der Waals surface area (Å²) in [5, 5.41) is 0. The second-order valence-corrected chi connectivity index (χ2v) is 10.3. The summed E-state index contributed by atoms with van der Waals surface area (Å²) in [6.45, 7) is 4.26. The van der Waals surface area contributed by atoms with Gasteiger partial charge in [-0.3, -0.25) is 9.59 Å². The van der Waals surface area contributed by atoms with Gasteiger partial charge in [0, 0.05) is 39.0 Å². The van der Waals surface area contributed by atoms with Gasteiger partial charge >= 0.3 is 0 Å². The molecule has 3 aliphatic rings. The summed E-state index contributed by atoms with van der Waals surface area (Å²) >= 11 is 0. The van der Waals surface area contributed by atoms with Crippen molar-refractivity contribution >= 4 is 11.8 Å². The molecule has 0 unspecified atom stereocenters. The molecule has 180 valence electrons. The van der Waals surface area contributed by atoms with Crippen LogP contribution in [0.1, 0.15) is 38.2 Å². The lowest BCUT2D eigenvalue weighted by molar-refractivity contribution is -0.147. The molecule has 5 nitrogen and oxygen atoms in total. The first kappa shape index (κ1) is 22.9. The van der Waals surface area contributed by atoms with Crippen LogP contribution in [0.4, 0.5) is 4.39 Å². The zero-order valence-electron chi connectivity index (χ0n) is 19.8. The van der Waals surface area contributed by atoms with Gasteiger partial charge in [-0.2, -0.15) is 0 Å². The predicted molar refractivity (Wildman–Crippen MR) is 128 cm³/mol. The van der Waals surface area contributed by atoms with Crippen molar-refractivity contribution in [3.05, 3.63) is 66.0 Å². The van der Waals surface area contributed by atoms with E-state index in [4.69, 9.17) is 4.74 Å². The van der Waals surface area contributed by atoms with Crippen LogP contribution in [-0.4, -0.2) is 53.9 Å². The summed E-state index contributed by atoms with van der Waals surface area (Å²) in [6, 6.07) is 16.4. The number of rotatable bonds is 5. The molecular formula is C28H33FN2O3. The molecule has 0 bridgehead atoms. The van der Waals surface area contributed by atoms with Crippen molar-refractivity contribution in [3.8, 4) is 5.75 Å². The topological polar surface area (TPSA) is 49.9 Å². The van der Waals surface area contributed by atoms with E-state index in [1.165, 1.54) is 12.1 Å². The highest BCUT2D eigenvalue weighted by Crippen LogP contribution is 2.44. The third-order valence-corrected chi connectivity index (χ3v) is 8.18. The van der Waals surface area contributed by atoms with Gasteiger partial charge in [-0.25, -0.2) is 4.39 Å². The Hall–Kier alpha value is -2.89. The molecule has 6 heteroatoms. The average Bonchev–Trinajstić information content (AvgIpc) is 3.43. The Morgan fingerprint density at radius 3 is 2.35 bits per heavy atom. The van der Waals surface area contributed by atoms with Gasteiger partial charge < -0.3 is 14.5 Å². The van der Waals surface area contributed by atoms with E-state index in [-0.39, 0.29) is 23.7 Å². The number of hydrogen-bond donors (Lipinski definition) is 0. The highest BCUT2D eigenvalue weighted by molar-refractivity contribution is 5.84. The number of ether oxygens (including phenoxy) is 1. The Morgan fingerprint density at radius 1 is 0.971 bits per heavy atom. The van der Waals surface area contributed by atoms with Gasteiger partial charge in [0.15, 0.2) is 0 Å². The number of piperidine rings is 1. The first-order valence-electron chi connectivity index (χ1n) is 12.4. The molecule has 34 heavy (non-hydrogen) atoms. The van der Waals surface area contributed by atoms with Crippen LogP contribution in [0.25, 0.3) is 0 Å². The van der Waals surface area contributed by atoms with Crippen molar-refractivity contribution in [1.29, 1.82) is 0 Å². The summed E-state index contributed by atoms with van der Waals surface area (Å²) in [5.74, 6) is 1.68. The average molecular weight is 465 g/mol. The van der Waals surface area contributed by atoms with Crippen LogP contribution >= 0.6 is 0 Å². The standard InChI is InChI=1S/C28H33FN2O3/c1-20(32)30-15-13-28(14-16-30,17-21-7-10-23(29)11-8-21)27(33)31-18-22-9-12-26(25(22)19-31)34-24-5-3-2-4-6-24/h2-8,10-11,22,25-26H,9,12-19H2,1H3/t22-,25+,26-/m0/s1. The Bertz CT molecular complexity index is 1020. The van der Waals surface area contributed by atoms with Crippen LogP contribution in [0.2, 0.25) is 0 Å². The predicted octanol–water partition coefficient (Wildman–Crippen LogP) is 4.31. The van der Waals surface area contributed by atoms with E-state index in [1.807, 2.05) is 35.2 Å². The van der Waals surface area contributed by atoms with Crippen molar-refractivity contribution in [1.82, 2.24) is 9.80 Å². The van der Waals surface area contributed by atoms with Gasteiger partial charge in [0.2, 0.25) is 11.8 Å². The normalized spacial score (nSPS) is 25.8. The van der Waals surface area contributed by atoms with E-state index >= 15 is 0 Å². The molecule has 0 N–H and O–H groups in total. The first-order chi connectivity index (χ1) is 16.4. The number of benzene rings is 2. The van der Waals surface area contributed by atoms with E-state index in [0.717, 1.165) is 37.2 Å². The smallest absolute Gasteiger partial charge is 0.229 e.